The van der Waals surface area contributed by atoms with Crippen LogP contribution in [0.4, 0.5) is 14.5 Å². The van der Waals surface area contributed by atoms with Crippen LogP contribution in [0.15, 0.2) is 36.4 Å². The van der Waals surface area contributed by atoms with Crippen molar-refractivity contribution in [1.29, 1.82) is 0 Å². The van der Waals surface area contributed by atoms with Gasteiger partial charge in [-0.3, -0.25) is 9.10 Å². The maximum Gasteiger partial charge on any atom is 0.241 e. The average molecular weight is 396 g/mol. The molecule has 0 bridgehead atoms. The highest BCUT2D eigenvalue weighted by atomic mass is 32.2. The maximum atomic E-state index is 14.0. The summed E-state index contributed by atoms with van der Waals surface area (Å²) in [6.07, 6.45) is 0.858. The van der Waals surface area contributed by atoms with E-state index in [0.29, 0.717) is 10.4 Å². The minimum Gasteiger partial charge on any atom is -0.348 e. The number of rotatable bonds is 6. The highest BCUT2D eigenvalue weighted by Crippen LogP contribution is 2.23. The van der Waals surface area contributed by atoms with E-state index in [1.54, 1.807) is 6.92 Å². The lowest BCUT2D eigenvalue weighted by Gasteiger charge is -2.24. The fourth-order valence-corrected chi connectivity index (χ4v) is 3.64. The van der Waals surface area contributed by atoms with Gasteiger partial charge >= 0.3 is 0 Å². The van der Waals surface area contributed by atoms with Gasteiger partial charge in [0, 0.05) is 6.07 Å². The number of amides is 1. The summed E-state index contributed by atoms with van der Waals surface area (Å²) in [5.74, 6) is -2.49. The first-order chi connectivity index (χ1) is 12.5. The second-order valence-electron chi connectivity index (χ2n) is 6.51. The van der Waals surface area contributed by atoms with Crippen LogP contribution in [-0.4, -0.2) is 27.1 Å². The third-order valence-corrected chi connectivity index (χ3v) is 5.27. The smallest absolute Gasteiger partial charge is 0.241 e. The molecule has 0 saturated heterocycles. The molecular formula is C19H22F2N2O3S. The van der Waals surface area contributed by atoms with E-state index in [1.807, 2.05) is 32.0 Å². The quantitative estimate of drug-likeness (QED) is 0.815. The summed E-state index contributed by atoms with van der Waals surface area (Å²) >= 11 is 0. The molecule has 27 heavy (non-hydrogen) atoms. The molecule has 0 aromatic heterocycles. The number of aryl methyl sites for hydroxylation is 2. The number of benzene rings is 2. The zero-order valence-corrected chi connectivity index (χ0v) is 16.4. The van der Waals surface area contributed by atoms with E-state index in [0.717, 1.165) is 35.1 Å². The second kappa shape index (κ2) is 8.04. The van der Waals surface area contributed by atoms with Crippen LogP contribution in [0.5, 0.6) is 0 Å². The zero-order chi connectivity index (χ0) is 20.4. The van der Waals surface area contributed by atoms with Crippen LogP contribution >= 0.6 is 0 Å². The van der Waals surface area contributed by atoms with E-state index in [1.165, 1.54) is 0 Å². The third kappa shape index (κ3) is 5.26. The molecule has 0 spiro atoms. The number of nitrogens with zero attached hydrogens (tertiary/aromatic N) is 1. The molecule has 5 nitrogen and oxygen atoms in total. The predicted molar refractivity (Wildman–Crippen MR) is 101 cm³/mol. The topological polar surface area (TPSA) is 66.5 Å². The Hall–Kier alpha value is -2.48. The number of carbonyl (C=O) groups excluding carboxylic acids is 1. The Labute approximate surface area is 158 Å². The van der Waals surface area contributed by atoms with Gasteiger partial charge in [-0.2, -0.15) is 0 Å². The number of sulfonamides is 1. The number of carbonyl (C=O) groups is 1. The van der Waals surface area contributed by atoms with Crippen LogP contribution in [0.3, 0.4) is 0 Å². The van der Waals surface area contributed by atoms with Gasteiger partial charge in [0.2, 0.25) is 15.9 Å². The van der Waals surface area contributed by atoms with Gasteiger partial charge in [0.1, 0.15) is 18.2 Å². The van der Waals surface area contributed by atoms with Gasteiger partial charge in [0.25, 0.3) is 0 Å². The summed E-state index contributed by atoms with van der Waals surface area (Å²) in [6.45, 7) is 5.01. The normalized spacial score (nSPS) is 12.5. The van der Waals surface area contributed by atoms with Crippen molar-refractivity contribution in [1.82, 2.24) is 5.32 Å². The van der Waals surface area contributed by atoms with Crippen molar-refractivity contribution < 1.29 is 22.0 Å². The maximum absolute atomic E-state index is 14.0. The number of hydrogen-bond donors (Lipinski definition) is 1. The first-order valence-corrected chi connectivity index (χ1v) is 10.1. The zero-order valence-electron chi connectivity index (χ0n) is 15.6. The highest BCUT2D eigenvalue weighted by Gasteiger charge is 2.25. The van der Waals surface area contributed by atoms with E-state index in [4.69, 9.17) is 0 Å². The number of hydrogen-bond acceptors (Lipinski definition) is 3. The van der Waals surface area contributed by atoms with Gasteiger partial charge in [-0.05, 0) is 44.0 Å². The molecule has 2 aromatic rings. The lowest BCUT2D eigenvalue weighted by Crippen LogP contribution is -2.41. The average Bonchev–Trinajstić information content (AvgIpc) is 2.54. The molecule has 0 unspecified atom stereocenters. The first-order valence-electron chi connectivity index (χ1n) is 8.28. The molecule has 0 radical (unpaired) electrons. The summed E-state index contributed by atoms with van der Waals surface area (Å²) in [4.78, 5) is 12.4. The Balaban J connectivity index is 2.23. The molecule has 0 aliphatic carbocycles. The Morgan fingerprint density at radius 3 is 2.41 bits per heavy atom. The van der Waals surface area contributed by atoms with Gasteiger partial charge in [0.05, 0.1) is 18.0 Å². The molecule has 146 valence electrons. The molecule has 8 heteroatoms. The fraction of sp³-hybridized carbons (Fsp3) is 0.316. The van der Waals surface area contributed by atoms with Crippen LogP contribution in [0, 0.1) is 25.5 Å². The first kappa shape index (κ1) is 20.8. The summed E-state index contributed by atoms with van der Waals surface area (Å²) in [5.41, 5.74) is 2.54. The molecule has 1 atom stereocenters. The van der Waals surface area contributed by atoms with Crippen LogP contribution in [0.1, 0.15) is 29.7 Å². The van der Waals surface area contributed by atoms with E-state index in [-0.39, 0.29) is 11.7 Å². The van der Waals surface area contributed by atoms with E-state index in [2.05, 4.69) is 5.32 Å². The predicted octanol–water partition coefficient (Wildman–Crippen LogP) is 3.23. The van der Waals surface area contributed by atoms with Crippen LogP contribution in [0.25, 0.3) is 0 Å². The third-order valence-electron chi connectivity index (χ3n) is 4.14. The van der Waals surface area contributed by atoms with E-state index in [9.17, 15) is 22.0 Å². The fourth-order valence-electron chi connectivity index (χ4n) is 2.79. The van der Waals surface area contributed by atoms with Crippen LogP contribution < -0.4 is 9.62 Å². The summed E-state index contributed by atoms with van der Waals surface area (Å²) < 4.78 is 51.8. The van der Waals surface area contributed by atoms with Crippen molar-refractivity contribution in [3.05, 3.63) is 64.7 Å². The van der Waals surface area contributed by atoms with Crippen LogP contribution in [-0.2, 0) is 14.8 Å². The van der Waals surface area contributed by atoms with Crippen molar-refractivity contribution in [2.45, 2.75) is 26.8 Å². The van der Waals surface area contributed by atoms with Crippen LogP contribution in [0.2, 0.25) is 0 Å². The molecule has 1 N–H and O–H groups in total. The monoisotopic (exact) mass is 396 g/mol. The molecule has 2 rings (SSSR count). The molecule has 2 aromatic carbocycles. The second-order valence-corrected chi connectivity index (χ2v) is 8.42. The van der Waals surface area contributed by atoms with E-state index >= 15 is 0 Å². The van der Waals surface area contributed by atoms with Crippen molar-refractivity contribution in [3.8, 4) is 0 Å². The lowest BCUT2D eigenvalue weighted by molar-refractivity contribution is -0.120. The Morgan fingerprint density at radius 1 is 1.15 bits per heavy atom. The molecular weight excluding hydrogens is 374 g/mol. The minimum absolute atomic E-state index is 0.364. The molecule has 0 aliphatic heterocycles. The highest BCUT2D eigenvalue weighted by molar-refractivity contribution is 7.92. The minimum atomic E-state index is -3.95. The molecule has 0 aliphatic rings. The van der Waals surface area contributed by atoms with Gasteiger partial charge in [-0.25, -0.2) is 17.2 Å². The van der Waals surface area contributed by atoms with Gasteiger partial charge < -0.3 is 5.32 Å². The van der Waals surface area contributed by atoms with E-state index < -0.39 is 34.1 Å². The van der Waals surface area contributed by atoms with Gasteiger partial charge in [0.15, 0.2) is 0 Å². The number of nitrogens with one attached hydrogen (secondary N) is 1. The van der Waals surface area contributed by atoms with Crippen molar-refractivity contribution >= 4 is 21.6 Å². The molecule has 1 amide bonds. The SMILES string of the molecule is Cc1ccc(C)c([C@@H](C)NC(=O)CN(c2ccc(F)cc2F)S(C)(=O)=O)c1. The molecule has 0 fully saturated rings. The van der Waals surface area contributed by atoms with Gasteiger partial charge in [-0.15, -0.1) is 0 Å². The Kier molecular flexibility index (Phi) is 6.20. The number of halogens is 2. The van der Waals surface area contributed by atoms with Crippen molar-refractivity contribution in [3.63, 3.8) is 0 Å². The largest absolute Gasteiger partial charge is 0.348 e. The van der Waals surface area contributed by atoms with Crippen molar-refractivity contribution in [2.75, 3.05) is 17.1 Å². The Morgan fingerprint density at radius 2 is 1.81 bits per heavy atom. The van der Waals surface area contributed by atoms with Gasteiger partial charge in [-0.1, -0.05) is 23.8 Å². The Bertz CT molecular complexity index is 961. The molecule has 0 heterocycles. The standard InChI is InChI=1S/C19H22F2N2O3S/c1-12-5-6-13(2)16(9-12)14(3)22-19(24)11-23(27(4,25)26)18-8-7-15(20)10-17(18)21/h5-10,14H,11H2,1-4H3,(H,22,24)/t14-/m1/s1. The molecule has 0 saturated carbocycles. The lowest BCUT2D eigenvalue weighted by atomic mass is 10.00. The summed E-state index contributed by atoms with van der Waals surface area (Å²) in [7, 11) is -3.95. The van der Waals surface area contributed by atoms with Crippen molar-refractivity contribution in [2.24, 2.45) is 0 Å². The summed E-state index contributed by atoms with van der Waals surface area (Å²) in [6, 6.07) is 7.97. The summed E-state index contributed by atoms with van der Waals surface area (Å²) in [5, 5.41) is 2.73. The number of anilines is 1.